The summed E-state index contributed by atoms with van der Waals surface area (Å²) in [6.45, 7) is 6.43. The number of thioether (sulfide) groups is 1. The van der Waals surface area contributed by atoms with Crippen LogP contribution in [0.1, 0.15) is 20.3 Å². The monoisotopic (exact) mass is 400 g/mol. The molecule has 150 valence electrons. The molecule has 1 aliphatic heterocycles. The second-order valence-corrected chi connectivity index (χ2v) is 7.48. The summed E-state index contributed by atoms with van der Waals surface area (Å²) in [6.07, 6.45) is 0.880. The van der Waals surface area contributed by atoms with Crippen molar-refractivity contribution in [2.45, 2.75) is 37.0 Å². The Morgan fingerprint density at radius 2 is 1.85 bits per heavy atom. The molecule has 1 aliphatic rings. The van der Waals surface area contributed by atoms with Crippen molar-refractivity contribution < 1.29 is 18.4 Å². The van der Waals surface area contributed by atoms with Gasteiger partial charge in [0.15, 0.2) is 0 Å². The van der Waals surface area contributed by atoms with Gasteiger partial charge in [-0.2, -0.15) is 8.78 Å². The Bertz CT molecular complexity index is 640. The van der Waals surface area contributed by atoms with Gasteiger partial charge in [-0.05, 0) is 25.5 Å². The molecule has 0 saturated carbocycles. The maximum absolute atomic E-state index is 12.6. The van der Waals surface area contributed by atoms with Crippen molar-refractivity contribution in [3.05, 3.63) is 24.3 Å². The van der Waals surface area contributed by atoms with Crippen molar-refractivity contribution in [3.8, 4) is 0 Å². The Labute approximate surface area is 162 Å². The van der Waals surface area contributed by atoms with Crippen molar-refractivity contribution in [2.24, 2.45) is 0 Å². The van der Waals surface area contributed by atoms with Gasteiger partial charge in [-0.3, -0.25) is 9.69 Å². The number of carbonyl (C=O) groups excluding carboxylic acids is 2. The van der Waals surface area contributed by atoms with Crippen LogP contribution in [-0.2, 0) is 4.79 Å². The highest BCUT2D eigenvalue weighted by molar-refractivity contribution is 7.99. The summed E-state index contributed by atoms with van der Waals surface area (Å²) < 4.78 is 25.3. The first-order valence-corrected chi connectivity index (χ1v) is 9.88. The summed E-state index contributed by atoms with van der Waals surface area (Å²) in [5.74, 6) is -2.56. The van der Waals surface area contributed by atoms with Crippen LogP contribution in [0.15, 0.2) is 29.2 Å². The minimum atomic E-state index is -2.55. The predicted molar refractivity (Wildman–Crippen MR) is 103 cm³/mol. The lowest BCUT2D eigenvalue weighted by Crippen LogP contribution is -2.52. The summed E-state index contributed by atoms with van der Waals surface area (Å²) in [5, 5.41) is 5.64. The van der Waals surface area contributed by atoms with E-state index in [0.29, 0.717) is 55.1 Å². The Morgan fingerprint density at radius 3 is 2.48 bits per heavy atom. The van der Waals surface area contributed by atoms with Gasteiger partial charge in [-0.1, -0.05) is 30.8 Å². The van der Waals surface area contributed by atoms with E-state index in [9.17, 15) is 18.4 Å². The second kappa shape index (κ2) is 10.5. The third-order valence-corrected chi connectivity index (χ3v) is 5.18. The first-order valence-electron chi connectivity index (χ1n) is 9.00. The van der Waals surface area contributed by atoms with Crippen LogP contribution in [0, 0.1) is 0 Å². The van der Waals surface area contributed by atoms with Crippen molar-refractivity contribution >= 4 is 29.4 Å². The van der Waals surface area contributed by atoms with E-state index in [1.54, 1.807) is 29.2 Å². The van der Waals surface area contributed by atoms with Gasteiger partial charge in [-0.15, -0.1) is 0 Å². The van der Waals surface area contributed by atoms with E-state index in [4.69, 9.17) is 0 Å². The van der Waals surface area contributed by atoms with Crippen LogP contribution in [0.2, 0.25) is 0 Å². The molecule has 0 spiro atoms. The number of carbonyl (C=O) groups is 2. The van der Waals surface area contributed by atoms with Gasteiger partial charge in [0.25, 0.3) is 5.76 Å². The number of urea groups is 1. The third kappa shape index (κ3) is 6.99. The lowest BCUT2D eigenvalue weighted by Gasteiger charge is -2.34. The Kier molecular flexibility index (Phi) is 8.30. The van der Waals surface area contributed by atoms with Crippen molar-refractivity contribution in [2.75, 3.05) is 38.0 Å². The molecule has 1 atom stereocenters. The van der Waals surface area contributed by atoms with Crippen LogP contribution in [0.25, 0.3) is 0 Å². The van der Waals surface area contributed by atoms with Gasteiger partial charge in [-0.25, -0.2) is 4.79 Å². The lowest BCUT2D eigenvalue weighted by molar-refractivity contribution is -0.123. The van der Waals surface area contributed by atoms with E-state index in [-0.39, 0.29) is 18.0 Å². The summed E-state index contributed by atoms with van der Waals surface area (Å²) in [4.78, 5) is 28.4. The van der Waals surface area contributed by atoms with E-state index < -0.39 is 5.76 Å². The lowest BCUT2D eigenvalue weighted by atomic mass is 10.2. The molecule has 0 bridgehead atoms. The number of benzene rings is 1. The van der Waals surface area contributed by atoms with Gasteiger partial charge in [0.05, 0.1) is 12.2 Å². The number of anilines is 1. The molecule has 1 heterocycles. The Hall–Kier alpha value is -1.87. The van der Waals surface area contributed by atoms with E-state index >= 15 is 0 Å². The quantitative estimate of drug-likeness (QED) is 0.691. The molecule has 27 heavy (non-hydrogen) atoms. The molecule has 2 rings (SSSR count). The summed E-state index contributed by atoms with van der Waals surface area (Å²) in [5.41, 5.74) is 0.378. The molecule has 0 radical (unpaired) electrons. The van der Waals surface area contributed by atoms with Crippen LogP contribution in [-0.4, -0.2) is 66.3 Å². The maximum atomic E-state index is 12.6. The maximum Gasteiger partial charge on any atom is 0.321 e. The largest absolute Gasteiger partial charge is 0.353 e. The van der Waals surface area contributed by atoms with Crippen LogP contribution in [0.5, 0.6) is 0 Å². The first kappa shape index (κ1) is 21.4. The molecule has 1 aromatic rings. The smallest absolute Gasteiger partial charge is 0.321 e. The van der Waals surface area contributed by atoms with Gasteiger partial charge in [0.2, 0.25) is 5.91 Å². The normalized spacial score (nSPS) is 16.3. The second-order valence-electron chi connectivity index (χ2n) is 6.44. The van der Waals surface area contributed by atoms with Gasteiger partial charge < -0.3 is 15.5 Å². The molecular weight excluding hydrogens is 374 g/mol. The molecule has 1 aromatic carbocycles. The molecule has 1 unspecified atom stereocenters. The highest BCUT2D eigenvalue weighted by Gasteiger charge is 2.23. The summed E-state index contributed by atoms with van der Waals surface area (Å²) in [7, 11) is 0. The summed E-state index contributed by atoms with van der Waals surface area (Å²) in [6, 6.07) is 6.35. The minimum Gasteiger partial charge on any atom is -0.353 e. The molecular formula is C18H26F2N4O2S. The van der Waals surface area contributed by atoms with Crippen molar-refractivity contribution in [1.29, 1.82) is 0 Å². The standard InChI is InChI=1S/C18H26F2N4O2S/c1-3-13(2)21-16(25)12-23-8-10-24(11-9-23)18(26)22-14-6-4-5-7-15(14)27-17(19)20/h4-7,13,17H,3,8-12H2,1-2H3,(H,21,25)(H,22,26). The van der Waals surface area contributed by atoms with Gasteiger partial charge in [0, 0.05) is 37.1 Å². The average Bonchev–Trinajstić information content (AvgIpc) is 2.63. The molecule has 0 aromatic heterocycles. The van der Waals surface area contributed by atoms with Crippen molar-refractivity contribution in [3.63, 3.8) is 0 Å². The molecule has 3 amide bonds. The zero-order chi connectivity index (χ0) is 19.8. The zero-order valence-electron chi connectivity index (χ0n) is 15.6. The number of amides is 3. The fourth-order valence-corrected chi connectivity index (χ4v) is 3.29. The molecule has 2 N–H and O–H groups in total. The number of hydrogen-bond acceptors (Lipinski definition) is 4. The number of nitrogens with zero attached hydrogens (tertiary/aromatic N) is 2. The van der Waals surface area contributed by atoms with Gasteiger partial charge >= 0.3 is 6.03 Å². The van der Waals surface area contributed by atoms with Crippen LogP contribution >= 0.6 is 11.8 Å². The molecule has 1 fully saturated rings. The molecule has 9 heteroatoms. The highest BCUT2D eigenvalue weighted by atomic mass is 32.2. The van der Waals surface area contributed by atoms with E-state index in [1.165, 1.54) is 0 Å². The Balaban J connectivity index is 1.82. The number of para-hydroxylation sites is 1. The van der Waals surface area contributed by atoms with Crippen LogP contribution < -0.4 is 10.6 Å². The topological polar surface area (TPSA) is 64.7 Å². The molecule has 6 nitrogen and oxygen atoms in total. The van der Waals surface area contributed by atoms with Crippen LogP contribution in [0.4, 0.5) is 19.3 Å². The SMILES string of the molecule is CCC(C)NC(=O)CN1CCN(C(=O)Nc2ccccc2SC(F)F)CC1. The first-order chi connectivity index (χ1) is 12.9. The Morgan fingerprint density at radius 1 is 1.19 bits per heavy atom. The number of piperazine rings is 1. The van der Waals surface area contributed by atoms with E-state index in [2.05, 4.69) is 10.6 Å². The average molecular weight is 400 g/mol. The fraction of sp³-hybridized carbons (Fsp3) is 0.556. The fourth-order valence-electron chi connectivity index (χ4n) is 2.70. The number of nitrogens with one attached hydrogen (secondary N) is 2. The number of rotatable bonds is 7. The number of alkyl halides is 2. The van der Waals surface area contributed by atoms with E-state index in [0.717, 1.165) is 6.42 Å². The van der Waals surface area contributed by atoms with Crippen LogP contribution in [0.3, 0.4) is 0 Å². The number of halogens is 2. The van der Waals surface area contributed by atoms with E-state index in [1.807, 2.05) is 18.7 Å². The highest BCUT2D eigenvalue weighted by Crippen LogP contribution is 2.31. The molecule has 0 aliphatic carbocycles. The molecule has 1 saturated heterocycles. The third-order valence-electron chi connectivity index (χ3n) is 4.39. The summed E-state index contributed by atoms with van der Waals surface area (Å²) >= 11 is 0.408. The van der Waals surface area contributed by atoms with Crippen molar-refractivity contribution in [1.82, 2.24) is 15.1 Å². The predicted octanol–water partition coefficient (Wildman–Crippen LogP) is 3.07. The number of hydrogen-bond donors (Lipinski definition) is 2. The van der Waals surface area contributed by atoms with Gasteiger partial charge in [0.1, 0.15) is 0 Å². The zero-order valence-corrected chi connectivity index (χ0v) is 16.4. The minimum absolute atomic E-state index is 0.0137.